The minimum atomic E-state index is 0.0152. The van der Waals surface area contributed by atoms with Crippen molar-refractivity contribution in [2.75, 3.05) is 13.1 Å². The van der Waals surface area contributed by atoms with Gasteiger partial charge in [0.2, 0.25) is 0 Å². The van der Waals surface area contributed by atoms with Crippen molar-refractivity contribution in [3.05, 3.63) is 62.8 Å². The van der Waals surface area contributed by atoms with Crippen molar-refractivity contribution < 1.29 is 0 Å². The number of H-pyrrole nitrogens is 1. The molecule has 1 aliphatic rings. The number of rotatable bonds is 4. The molecule has 0 radical (unpaired) electrons. The lowest BCUT2D eigenvalue weighted by atomic mass is 9.95. The fraction of sp³-hybridized carbons (Fsp3) is 0.630. The second-order valence-electron chi connectivity index (χ2n) is 8.28. The molecule has 2 aromatic rings. The van der Waals surface area contributed by atoms with Crippen LogP contribution in [0.1, 0.15) is 97.9 Å². The maximum absolute atomic E-state index is 11.8. The Hall–Kier alpha value is -2.14. The summed E-state index contributed by atoms with van der Waals surface area (Å²) in [5.74, 6) is 0.990. The lowest BCUT2D eigenvalue weighted by Crippen LogP contribution is -2.15. The highest BCUT2D eigenvalue weighted by molar-refractivity contribution is 5.21. The number of nitrogens with one attached hydrogen (secondary N) is 2. The van der Waals surface area contributed by atoms with E-state index in [1.807, 2.05) is 71.5 Å². The Labute approximate surface area is 196 Å². The van der Waals surface area contributed by atoms with E-state index in [2.05, 4.69) is 36.2 Å². The average Bonchev–Trinajstić information content (AvgIpc) is 2.93. The number of hydrogen-bond donors (Lipinski definition) is 2. The van der Waals surface area contributed by atoms with Crippen molar-refractivity contribution in [3.8, 4) is 0 Å². The summed E-state index contributed by atoms with van der Waals surface area (Å²) < 4.78 is 1.88. The van der Waals surface area contributed by atoms with Gasteiger partial charge in [-0.15, -0.1) is 0 Å². The first kappa shape index (κ1) is 29.9. The molecule has 0 fully saturated rings. The van der Waals surface area contributed by atoms with E-state index in [4.69, 9.17) is 0 Å². The van der Waals surface area contributed by atoms with Crippen molar-refractivity contribution >= 4 is 0 Å². The van der Waals surface area contributed by atoms with Crippen LogP contribution in [-0.2, 0) is 6.54 Å². The zero-order chi connectivity index (χ0) is 24.7. The Morgan fingerprint density at radius 3 is 2.22 bits per heavy atom. The number of pyridine rings is 1. The molecule has 0 amide bonds. The van der Waals surface area contributed by atoms with Crippen LogP contribution in [0.5, 0.6) is 0 Å². The normalized spacial score (nSPS) is 13.4. The minimum Gasteiger partial charge on any atom is -0.313 e. The van der Waals surface area contributed by atoms with Gasteiger partial charge < -0.3 is 5.32 Å². The second kappa shape index (κ2) is 16.5. The molecule has 0 aliphatic carbocycles. The molecule has 5 nitrogen and oxygen atoms in total. The fourth-order valence-corrected chi connectivity index (χ4v) is 3.88. The molecule has 0 aromatic carbocycles. The highest BCUT2D eigenvalue weighted by atomic mass is 16.1. The van der Waals surface area contributed by atoms with E-state index in [1.165, 1.54) is 19.4 Å². The summed E-state index contributed by atoms with van der Waals surface area (Å²) in [7, 11) is 0. The standard InChI is InChI=1S/C13H17N3O.C10H19N.2C2H6/c1-9(2)12-10(3)16(15-13(12)17)8-11-5-4-6-14-7-11;1-8(2)10-5-4-6-11-7-9(10)3;2*1-2/h4-7,9H,8H2,1-3H3,(H,15,17);8,11H,4-7H2,1-3H3;2*1-2H3. The summed E-state index contributed by atoms with van der Waals surface area (Å²) in [6, 6.07) is 3.90. The number of allylic oxidation sites excluding steroid dienone is 1. The minimum absolute atomic E-state index is 0.0152. The first-order valence-corrected chi connectivity index (χ1v) is 12.4. The molecule has 0 saturated heterocycles. The molecule has 3 heterocycles. The van der Waals surface area contributed by atoms with Gasteiger partial charge in [0.05, 0.1) is 6.54 Å². The highest BCUT2D eigenvalue weighted by Gasteiger charge is 2.14. The van der Waals surface area contributed by atoms with E-state index in [9.17, 15) is 4.79 Å². The van der Waals surface area contributed by atoms with Crippen molar-refractivity contribution in [2.24, 2.45) is 5.92 Å². The smallest absolute Gasteiger partial charge is 0.267 e. The Balaban J connectivity index is 0.000000555. The number of aromatic nitrogens is 3. The third kappa shape index (κ3) is 9.56. The molecule has 0 saturated carbocycles. The Morgan fingerprint density at radius 2 is 1.72 bits per heavy atom. The van der Waals surface area contributed by atoms with Crippen LogP contribution in [0.2, 0.25) is 0 Å². The summed E-state index contributed by atoms with van der Waals surface area (Å²) in [6.07, 6.45) is 6.17. The summed E-state index contributed by atoms with van der Waals surface area (Å²) in [5.41, 5.74) is 6.22. The number of aromatic amines is 1. The van der Waals surface area contributed by atoms with Crippen LogP contribution in [0.4, 0.5) is 0 Å². The molecule has 2 aromatic heterocycles. The average molecular weight is 445 g/mol. The predicted octanol–water partition coefficient (Wildman–Crippen LogP) is 6.45. The molecular formula is C27H48N4O. The molecular weight excluding hydrogens is 396 g/mol. The molecule has 0 spiro atoms. The molecule has 32 heavy (non-hydrogen) atoms. The molecule has 5 heteroatoms. The third-order valence-corrected chi connectivity index (χ3v) is 5.35. The van der Waals surface area contributed by atoms with Crippen LogP contribution in [0.25, 0.3) is 0 Å². The van der Waals surface area contributed by atoms with Gasteiger partial charge >= 0.3 is 0 Å². The highest BCUT2D eigenvalue weighted by Crippen LogP contribution is 2.21. The summed E-state index contributed by atoms with van der Waals surface area (Å²) in [4.78, 5) is 15.9. The van der Waals surface area contributed by atoms with E-state index in [-0.39, 0.29) is 11.5 Å². The molecule has 0 bridgehead atoms. The SMILES string of the molecule is CC.CC.CC1=C(C(C)C)CCCNC1.Cc1c(C(C)C)c(=O)[nH]n1Cc1cccnc1. The lowest BCUT2D eigenvalue weighted by Gasteiger charge is -2.12. The monoisotopic (exact) mass is 444 g/mol. The van der Waals surface area contributed by atoms with Gasteiger partial charge in [-0.2, -0.15) is 0 Å². The van der Waals surface area contributed by atoms with E-state index < -0.39 is 0 Å². The molecule has 1 aliphatic heterocycles. The molecule has 0 atom stereocenters. The first-order chi connectivity index (χ1) is 15.3. The zero-order valence-electron chi connectivity index (χ0n) is 22.3. The van der Waals surface area contributed by atoms with Gasteiger partial charge in [-0.3, -0.25) is 19.6 Å². The van der Waals surface area contributed by atoms with Gasteiger partial charge in [0.15, 0.2) is 0 Å². The van der Waals surface area contributed by atoms with Crippen LogP contribution in [-0.4, -0.2) is 27.9 Å². The summed E-state index contributed by atoms with van der Waals surface area (Å²) in [5, 5.41) is 6.30. The van der Waals surface area contributed by atoms with Gasteiger partial charge in [-0.05, 0) is 56.7 Å². The second-order valence-corrected chi connectivity index (χ2v) is 8.28. The molecule has 2 N–H and O–H groups in total. The maximum Gasteiger partial charge on any atom is 0.267 e. The van der Waals surface area contributed by atoms with E-state index >= 15 is 0 Å². The van der Waals surface area contributed by atoms with Crippen molar-refractivity contribution in [3.63, 3.8) is 0 Å². The zero-order valence-corrected chi connectivity index (χ0v) is 22.3. The van der Waals surface area contributed by atoms with Gasteiger partial charge in [0, 0.05) is 30.2 Å². The fourth-order valence-electron chi connectivity index (χ4n) is 3.88. The van der Waals surface area contributed by atoms with Gasteiger partial charge in [-0.1, -0.05) is 72.6 Å². The molecule has 0 unspecified atom stereocenters. The van der Waals surface area contributed by atoms with Gasteiger partial charge in [0.25, 0.3) is 5.56 Å². The number of nitrogens with zero attached hydrogens (tertiary/aromatic N) is 2. The van der Waals surface area contributed by atoms with Crippen LogP contribution in [0.3, 0.4) is 0 Å². The third-order valence-electron chi connectivity index (χ3n) is 5.35. The lowest BCUT2D eigenvalue weighted by molar-refractivity contribution is 0.655. The Bertz CT molecular complexity index is 829. The predicted molar refractivity (Wildman–Crippen MR) is 140 cm³/mol. The van der Waals surface area contributed by atoms with Gasteiger partial charge in [0.1, 0.15) is 0 Å². The van der Waals surface area contributed by atoms with Crippen LogP contribution in [0, 0.1) is 12.8 Å². The molecule has 182 valence electrons. The van der Waals surface area contributed by atoms with Crippen molar-refractivity contribution in [2.45, 2.75) is 94.5 Å². The summed E-state index contributed by atoms with van der Waals surface area (Å²) in [6.45, 7) is 23.8. The number of hydrogen-bond acceptors (Lipinski definition) is 3. The van der Waals surface area contributed by atoms with E-state index in [0.717, 1.165) is 29.3 Å². The Kier molecular flexibility index (Phi) is 15.4. The summed E-state index contributed by atoms with van der Waals surface area (Å²) >= 11 is 0. The molecule has 3 rings (SSSR count). The van der Waals surface area contributed by atoms with E-state index in [0.29, 0.717) is 6.54 Å². The van der Waals surface area contributed by atoms with Crippen molar-refractivity contribution in [1.29, 1.82) is 0 Å². The topological polar surface area (TPSA) is 62.7 Å². The Morgan fingerprint density at radius 1 is 1.06 bits per heavy atom. The first-order valence-electron chi connectivity index (χ1n) is 12.4. The van der Waals surface area contributed by atoms with Gasteiger partial charge in [-0.25, -0.2) is 0 Å². The van der Waals surface area contributed by atoms with Crippen LogP contribution < -0.4 is 10.9 Å². The largest absolute Gasteiger partial charge is 0.313 e. The van der Waals surface area contributed by atoms with Crippen molar-refractivity contribution in [1.82, 2.24) is 20.1 Å². The van der Waals surface area contributed by atoms with Crippen LogP contribution >= 0.6 is 0 Å². The van der Waals surface area contributed by atoms with E-state index in [1.54, 1.807) is 17.3 Å². The maximum atomic E-state index is 11.8. The quantitative estimate of drug-likeness (QED) is 0.533. The van der Waals surface area contributed by atoms with Crippen LogP contribution in [0.15, 0.2) is 40.5 Å².